The number of rotatable bonds is 34. The van der Waals surface area contributed by atoms with E-state index in [-0.39, 0.29) is 54.5 Å². The van der Waals surface area contributed by atoms with Gasteiger partial charge in [-0.15, -0.1) is 0 Å². The highest BCUT2D eigenvalue weighted by Gasteiger charge is 2.21. The molecule has 292 valence electrons. The van der Waals surface area contributed by atoms with Crippen LogP contribution in [0.4, 0.5) is 0 Å². The summed E-state index contributed by atoms with van der Waals surface area (Å²) in [6, 6.07) is -0.746. The van der Waals surface area contributed by atoms with Gasteiger partial charge in [-0.05, 0) is 57.8 Å². The van der Waals surface area contributed by atoms with Crippen molar-refractivity contribution in [1.82, 2.24) is 10.6 Å². The van der Waals surface area contributed by atoms with Gasteiger partial charge in [0.05, 0.1) is 25.0 Å². The van der Waals surface area contributed by atoms with Crippen LogP contribution >= 0.6 is 0 Å². The molecule has 3 atom stereocenters. The lowest BCUT2D eigenvalue weighted by molar-refractivity contribution is -0.150. The lowest BCUT2D eigenvalue weighted by Gasteiger charge is -2.18. The molecular formula is C39H75N5O6. The minimum atomic E-state index is -0.746. The molecule has 2 amide bonds. The van der Waals surface area contributed by atoms with E-state index in [1.54, 1.807) is 0 Å². The standard InChI is InChI=1S/C39H75N5O6/c1-5-9-12-17-25-33(23-11-7-3)38(48)49-30-20-15-13-14-18-26-35(45)44-34(27-29-43-39(40)41)36(46)42-28-19-21-31-50-37(47)32(22-8-4)24-16-10-6-2/h32-34H,5-31H2,1-4H3,(H,42,46)(H,44,45)(H4,40,41,43)/t32?,33?,34-/m0/s1. The molecule has 0 spiro atoms. The summed E-state index contributed by atoms with van der Waals surface area (Å²) in [5, 5.41) is 5.73. The summed E-state index contributed by atoms with van der Waals surface area (Å²) in [6.07, 6.45) is 20.8. The fraction of sp³-hybridized carbons (Fsp3) is 0.872. The molecule has 6 N–H and O–H groups in total. The number of unbranched alkanes of at least 4 members (excludes halogenated alkanes) is 11. The second-order valence-electron chi connectivity index (χ2n) is 13.7. The van der Waals surface area contributed by atoms with Crippen molar-refractivity contribution in [3.05, 3.63) is 0 Å². The van der Waals surface area contributed by atoms with Gasteiger partial charge >= 0.3 is 11.9 Å². The van der Waals surface area contributed by atoms with Gasteiger partial charge < -0.3 is 31.6 Å². The first-order valence-electron chi connectivity index (χ1n) is 20.2. The van der Waals surface area contributed by atoms with E-state index in [9.17, 15) is 19.2 Å². The van der Waals surface area contributed by atoms with Gasteiger partial charge in [0.25, 0.3) is 0 Å². The van der Waals surface area contributed by atoms with Gasteiger partial charge in [-0.3, -0.25) is 24.2 Å². The van der Waals surface area contributed by atoms with E-state index in [4.69, 9.17) is 20.9 Å². The van der Waals surface area contributed by atoms with Crippen molar-refractivity contribution in [3.63, 3.8) is 0 Å². The quantitative estimate of drug-likeness (QED) is 0.0234. The second kappa shape index (κ2) is 33.3. The van der Waals surface area contributed by atoms with Crippen molar-refractivity contribution in [2.45, 2.75) is 181 Å². The van der Waals surface area contributed by atoms with Crippen LogP contribution in [0, 0.1) is 11.8 Å². The minimum Gasteiger partial charge on any atom is -0.465 e. The number of amides is 2. The first kappa shape index (κ1) is 47.1. The molecule has 0 aromatic rings. The molecule has 0 rings (SSSR count). The van der Waals surface area contributed by atoms with Gasteiger partial charge in [0.15, 0.2) is 5.96 Å². The number of carbonyl (C=O) groups excluding carboxylic acids is 4. The molecule has 50 heavy (non-hydrogen) atoms. The molecule has 0 fully saturated rings. The van der Waals surface area contributed by atoms with Gasteiger partial charge in [-0.2, -0.15) is 0 Å². The van der Waals surface area contributed by atoms with Crippen LogP contribution in [-0.4, -0.2) is 62.1 Å². The molecule has 0 heterocycles. The maximum atomic E-state index is 12.9. The lowest BCUT2D eigenvalue weighted by Crippen LogP contribution is -2.47. The van der Waals surface area contributed by atoms with E-state index in [2.05, 4.69) is 43.3 Å². The number of carbonyl (C=O) groups is 4. The van der Waals surface area contributed by atoms with Crippen LogP contribution in [0.3, 0.4) is 0 Å². The average Bonchev–Trinajstić information content (AvgIpc) is 3.09. The van der Waals surface area contributed by atoms with Crippen LogP contribution in [0.15, 0.2) is 4.99 Å². The third-order valence-electron chi connectivity index (χ3n) is 9.04. The highest BCUT2D eigenvalue weighted by molar-refractivity contribution is 5.87. The van der Waals surface area contributed by atoms with E-state index < -0.39 is 6.04 Å². The monoisotopic (exact) mass is 710 g/mol. The van der Waals surface area contributed by atoms with E-state index >= 15 is 0 Å². The SMILES string of the molecule is CCCCCCC(CCCC)C(=O)OCCCCCCCC(=O)N[C@@H](CCN=C(N)N)C(=O)NCCCCOC(=O)C(CCC)CCCCC. The van der Waals surface area contributed by atoms with Crippen molar-refractivity contribution >= 4 is 29.7 Å². The molecular weight excluding hydrogens is 634 g/mol. The fourth-order valence-corrected chi connectivity index (χ4v) is 5.94. The largest absolute Gasteiger partial charge is 0.465 e. The number of nitrogens with two attached hydrogens (primary N) is 2. The number of guanidine groups is 1. The maximum Gasteiger partial charge on any atom is 0.308 e. The number of hydrogen-bond donors (Lipinski definition) is 4. The van der Waals surface area contributed by atoms with Crippen molar-refractivity contribution in [3.8, 4) is 0 Å². The Bertz CT molecular complexity index is 911. The number of nitrogens with one attached hydrogen (secondary N) is 2. The Morgan fingerprint density at radius 2 is 1.10 bits per heavy atom. The van der Waals surface area contributed by atoms with Crippen LogP contribution < -0.4 is 22.1 Å². The van der Waals surface area contributed by atoms with Crippen LogP contribution in [0.5, 0.6) is 0 Å². The predicted molar refractivity (Wildman–Crippen MR) is 203 cm³/mol. The molecule has 0 radical (unpaired) electrons. The van der Waals surface area contributed by atoms with Crippen molar-refractivity contribution in [2.75, 3.05) is 26.3 Å². The Balaban J connectivity index is 4.42. The summed E-state index contributed by atoms with van der Waals surface area (Å²) in [7, 11) is 0. The van der Waals surface area contributed by atoms with Crippen LogP contribution in [0.2, 0.25) is 0 Å². The van der Waals surface area contributed by atoms with Gasteiger partial charge in [0.1, 0.15) is 6.04 Å². The zero-order valence-corrected chi connectivity index (χ0v) is 32.4. The Morgan fingerprint density at radius 1 is 0.580 bits per heavy atom. The number of aliphatic imine (C=N–C) groups is 1. The van der Waals surface area contributed by atoms with Crippen LogP contribution in [0.25, 0.3) is 0 Å². The maximum absolute atomic E-state index is 12.9. The number of nitrogens with zero attached hydrogens (tertiary/aromatic N) is 1. The first-order chi connectivity index (χ1) is 24.2. The summed E-state index contributed by atoms with van der Waals surface area (Å²) < 4.78 is 11.1. The molecule has 0 aliphatic heterocycles. The Kier molecular flexibility index (Phi) is 31.4. The molecule has 11 nitrogen and oxygen atoms in total. The van der Waals surface area contributed by atoms with Crippen LogP contribution in [0.1, 0.15) is 175 Å². The van der Waals surface area contributed by atoms with Gasteiger partial charge in [-0.1, -0.05) is 111 Å². The predicted octanol–water partition coefficient (Wildman–Crippen LogP) is 7.23. The number of esters is 2. The first-order valence-corrected chi connectivity index (χ1v) is 20.2. The third-order valence-corrected chi connectivity index (χ3v) is 9.04. The molecule has 0 bridgehead atoms. The molecule has 0 aromatic heterocycles. The molecule has 11 heteroatoms. The molecule has 0 aliphatic carbocycles. The highest BCUT2D eigenvalue weighted by atomic mass is 16.5. The smallest absolute Gasteiger partial charge is 0.308 e. The third kappa shape index (κ3) is 26.9. The van der Waals surface area contributed by atoms with Crippen molar-refractivity contribution in [1.29, 1.82) is 0 Å². The number of ether oxygens (including phenoxy) is 2. The summed E-state index contributed by atoms with van der Waals surface area (Å²) in [5.41, 5.74) is 10.9. The zero-order valence-electron chi connectivity index (χ0n) is 32.4. The summed E-state index contributed by atoms with van der Waals surface area (Å²) in [4.78, 5) is 54.7. The second-order valence-corrected chi connectivity index (χ2v) is 13.7. The van der Waals surface area contributed by atoms with Crippen molar-refractivity contribution < 1.29 is 28.7 Å². The summed E-state index contributed by atoms with van der Waals surface area (Å²) in [6.45, 7) is 9.99. The number of hydrogen-bond acceptors (Lipinski definition) is 7. The lowest BCUT2D eigenvalue weighted by atomic mass is 9.95. The molecule has 2 unspecified atom stereocenters. The highest BCUT2D eigenvalue weighted by Crippen LogP contribution is 2.20. The normalized spacial score (nSPS) is 12.8. The molecule has 0 aromatic carbocycles. The van der Waals surface area contributed by atoms with Gasteiger partial charge in [-0.25, -0.2) is 0 Å². The van der Waals surface area contributed by atoms with Gasteiger partial charge in [0.2, 0.25) is 11.8 Å². The Morgan fingerprint density at radius 3 is 1.72 bits per heavy atom. The Labute approximate surface area is 304 Å². The Hall–Kier alpha value is -2.85. The topological polar surface area (TPSA) is 175 Å². The zero-order chi connectivity index (χ0) is 37.2. The summed E-state index contributed by atoms with van der Waals surface area (Å²) in [5.74, 6) is -0.703. The van der Waals surface area contributed by atoms with Gasteiger partial charge in [0, 0.05) is 19.5 Å². The van der Waals surface area contributed by atoms with Crippen LogP contribution in [-0.2, 0) is 28.7 Å². The van der Waals surface area contributed by atoms with E-state index in [1.807, 2.05) is 0 Å². The fourth-order valence-electron chi connectivity index (χ4n) is 5.94. The van der Waals surface area contributed by atoms with E-state index in [1.165, 1.54) is 19.3 Å². The van der Waals surface area contributed by atoms with E-state index in [0.29, 0.717) is 45.4 Å². The minimum absolute atomic E-state index is 0.0236. The molecule has 0 saturated heterocycles. The molecule has 0 aliphatic rings. The summed E-state index contributed by atoms with van der Waals surface area (Å²) >= 11 is 0. The molecule has 0 saturated carbocycles. The van der Waals surface area contributed by atoms with Crippen molar-refractivity contribution in [2.24, 2.45) is 28.3 Å². The van der Waals surface area contributed by atoms with E-state index in [0.717, 1.165) is 96.3 Å². The average molecular weight is 710 g/mol.